The van der Waals surface area contributed by atoms with E-state index in [2.05, 4.69) is 0 Å². The van der Waals surface area contributed by atoms with Crippen LogP contribution in [-0.2, 0) is 11.3 Å². The molecule has 8 heteroatoms. The number of nitrogens with zero attached hydrogens (tertiary/aromatic N) is 3. The van der Waals surface area contributed by atoms with Crippen molar-refractivity contribution in [3.63, 3.8) is 0 Å². The Bertz CT molecular complexity index is 1340. The normalized spacial score (nSPS) is 24.1. The number of aliphatic hydroxyl groups excluding tert-OH is 1. The Kier molecular flexibility index (Phi) is 9.47. The van der Waals surface area contributed by atoms with E-state index in [-0.39, 0.29) is 29.8 Å². The minimum absolute atomic E-state index is 0.0343. The topological polar surface area (TPSA) is 103 Å². The molecule has 1 saturated carbocycles. The summed E-state index contributed by atoms with van der Waals surface area (Å²) in [5.74, 6) is 0.561. The molecule has 1 aromatic carbocycles. The molecular weight excluding hydrogens is 542 g/mol. The highest BCUT2D eigenvalue weighted by molar-refractivity contribution is 6.00. The second kappa shape index (κ2) is 12.9. The van der Waals surface area contributed by atoms with Crippen LogP contribution in [0.5, 0.6) is 0 Å². The van der Waals surface area contributed by atoms with Crippen LogP contribution < -0.4 is 5.56 Å². The first-order valence-corrected chi connectivity index (χ1v) is 16.3. The highest BCUT2D eigenvalue weighted by Gasteiger charge is 2.49. The van der Waals surface area contributed by atoms with E-state index in [4.69, 9.17) is 0 Å². The van der Waals surface area contributed by atoms with E-state index >= 15 is 0 Å². The predicted molar refractivity (Wildman–Crippen MR) is 168 cm³/mol. The zero-order valence-corrected chi connectivity index (χ0v) is 26.1. The first-order chi connectivity index (χ1) is 20.5. The van der Waals surface area contributed by atoms with Crippen LogP contribution in [0.2, 0.25) is 0 Å². The van der Waals surface area contributed by atoms with Crippen molar-refractivity contribution < 1.29 is 19.8 Å². The number of hydrogen-bond acceptors (Lipinski definition) is 5. The molecule has 2 aromatic rings. The third kappa shape index (κ3) is 6.91. The zero-order chi connectivity index (χ0) is 30.8. The molecule has 3 fully saturated rings. The monoisotopic (exact) mass is 591 g/mol. The summed E-state index contributed by atoms with van der Waals surface area (Å²) in [6, 6.07) is 10.9. The molecule has 234 valence electrons. The van der Waals surface area contributed by atoms with Gasteiger partial charge in [-0.05, 0) is 37.2 Å². The Morgan fingerprint density at radius 1 is 0.977 bits per heavy atom. The van der Waals surface area contributed by atoms with Gasteiger partial charge in [0, 0.05) is 55.3 Å². The molecule has 2 N–H and O–H groups in total. The van der Waals surface area contributed by atoms with Crippen molar-refractivity contribution >= 4 is 11.8 Å². The van der Waals surface area contributed by atoms with E-state index in [0.717, 1.165) is 12.0 Å². The molecule has 0 unspecified atom stereocenters. The van der Waals surface area contributed by atoms with E-state index in [1.807, 2.05) is 56.0 Å². The Hall–Kier alpha value is -2.97. The number of aliphatic hydroxyl groups is 2. The molecule has 2 amide bonds. The van der Waals surface area contributed by atoms with E-state index in [1.54, 1.807) is 11.1 Å². The number of likely N-dealkylation sites (tertiary alicyclic amines) is 2. The third-order valence-corrected chi connectivity index (χ3v) is 10.4. The fourth-order valence-corrected chi connectivity index (χ4v) is 7.42. The summed E-state index contributed by atoms with van der Waals surface area (Å²) in [5.41, 5.74) is -0.446. The number of carbonyl (C=O) groups excluding carboxylic acids is 2. The van der Waals surface area contributed by atoms with Gasteiger partial charge >= 0.3 is 0 Å². The number of hydrogen-bond donors (Lipinski definition) is 2. The lowest BCUT2D eigenvalue weighted by atomic mass is 9.69. The van der Waals surface area contributed by atoms with Crippen LogP contribution in [0.4, 0.5) is 0 Å². The highest BCUT2D eigenvalue weighted by atomic mass is 16.3. The first-order valence-electron chi connectivity index (χ1n) is 16.3. The molecule has 0 bridgehead atoms. The summed E-state index contributed by atoms with van der Waals surface area (Å²) in [4.78, 5) is 44.4. The van der Waals surface area contributed by atoms with Crippen LogP contribution in [0.1, 0.15) is 88.9 Å². The second-order valence-electron chi connectivity index (χ2n) is 14.0. The summed E-state index contributed by atoms with van der Waals surface area (Å²) in [6.07, 6.45) is 9.77. The molecule has 1 aromatic heterocycles. The summed E-state index contributed by atoms with van der Waals surface area (Å²) < 4.78 is 1.48. The van der Waals surface area contributed by atoms with Crippen molar-refractivity contribution in [3.05, 3.63) is 58.5 Å². The fraction of sp³-hybridized carbons (Fsp3) is 0.629. The molecule has 5 rings (SSSR count). The molecule has 2 atom stereocenters. The van der Waals surface area contributed by atoms with Crippen LogP contribution in [0.25, 0.3) is 11.1 Å². The molecular formula is C35H49N3O5. The maximum absolute atomic E-state index is 13.8. The summed E-state index contributed by atoms with van der Waals surface area (Å²) in [5, 5.41) is 22.0. The molecule has 43 heavy (non-hydrogen) atoms. The molecule has 3 aliphatic rings. The number of aromatic nitrogens is 1. The first kappa shape index (κ1) is 31.5. The number of benzene rings is 1. The summed E-state index contributed by atoms with van der Waals surface area (Å²) in [7, 11) is 0. The average Bonchev–Trinajstić information content (AvgIpc) is 3.00. The van der Waals surface area contributed by atoms with Gasteiger partial charge in [0.15, 0.2) is 0 Å². The number of amides is 2. The average molecular weight is 592 g/mol. The standard InChI is InChI=1S/C35H49N3O5/c1-25(20-26-10-6-4-7-11-26)32(41)37-19-16-35(43,34(2,3)23-37)24-38-22-30(33(42)36-17-14-28(39)15-18-36)29(21-31(38)40)27-12-8-5-9-13-27/h5,8-9,12-13,21-22,25-26,28,39,43H,4,6-7,10-11,14-20,23-24H2,1-3H3/t25-,35-/m1/s1. The van der Waals surface area contributed by atoms with Crippen molar-refractivity contribution in [2.24, 2.45) is 17.3 Å². The number of carbonyl (C=O) groups is 2. The molecule has 3 heterocycles. The molecule has 0 spiro atoms. The van der Waals surface area contributed by atoms with Crippen molar-refractivity contribution in [1.29, 1.82) is 0 Å². The van der Waals surface area contributed by atoms with Gasteiger partial charge in [0.05, 0.1) is 23.8 Å². The van der Waals surface area contributed by atoms with Gasteiger partial charge in [-0.15, -0.1) is 0 Å². The largest absolute Gasteiger partial charge is 0.393 e. The zero-order valence-electron chi connectivity index (χ0n) is 26.1. The molecule has 2 saturated heterocycles. The van der Waals surface area contributed by atoms with Gasteiger partial charge in [0.1, 0.15) is 0 Å². The molecule has 8 nitrogen and oxygen atoms in total. The Labute approximate surface area is 255 Å². The van der Waals surface area contributed by atoms with E-state index in [9.17, 15) is 24.6 Å². The van der Waals surface area contributed by atoms with Crippen molar-refractivity contribution in [3.8, 4) is 11.1 Å². The molecule has 1 aliphatic carbocycles. The van der Waals surface area contributed by atoms with Gasteiger partial charge in [-0.3, -0.25) is 14.4 Å². The fourth-order valence-electron chi connectivity index (χ4n) is 7.42. The molecule has 2 aliphatic heterocycles. The lowest BCUT2D eigenvalue weighted by Gasteiger charge is -2.51. The Morgan fingerprint density at radius 2 is 1.65 bits per heavy atom. The van der Waals surface area contributed by atoms with Crippen LogP contribution in [-0.4, -0.2) is 74.3 Å². The highest BCUT2D eigenvalue weighted by Crippen LogP contribution is 2.41. The van der Waals surface area contributed by atoms with Crippen molar-refractivity contribution in [2.75, 3.05) is 26.2 Å². The van der Waals surface area contributed by atoms with Gasteiger partial charge < -0.3 is 24.6 Å². The summed E-state index contributed by atoms with van der Waals surface area (Å²) >= 11 is 0. The second-order valence-corrected chi connectivity index (χ2v) is 14.0. The lowest BCUT2D eigenvalue weighted by Crippen LogP contribution is -2.61. The van der Waals surface area contributed by atoms with Crippen LogP contribution in [0, 0.1) is 17.3 Å². The Balaban J connectivity index is 1.37. The van der Waals surface area contributed by atoms with Crippen molar-refractivity contribution in [1.82, 2.24) is 14.4 Å². The van der Waals surface area contributed by atoms with Crippen LogP contribution >= 0.6 is 0 Å². The van der Waals surface area contributed by atoms with E-state index in [1.165, 1.54) is 42.7 Å². The maximum Gasteiger partial charge on any atom is 0.255 e. The predicted octanol–water partition coefficient (Wildman–Crippen LogP) is 4.71. The lowest BCUT2D eigenvalue weighted by molar-refractivity contribution is -0.157. The van der Waals surface area contributed by atoms with Crippen LogP contribution in [0.15, 0.2) is 47.4 Å². The third-order valence-electron chi connectivity index (χ3n) is 10.4. The van der Waals surface area contributed by atoms with Gasteiger partial charge in [-0.1, -0.05) is 83.2 Å². The number of piperidine rings is 2. The quantitative estimate of drug-likeness (QED) is 0.486. The van der Waals surface area contributed by atoms with Crippen molar-refractivity contribution in [2.45, 2.75) is 96.8 Å². The SMILES string of the molecule is C[C@H](CC1CCCCC1)C(=O)N1CC[C@@](O)(Cn2cc(C(=O)N3CCC(O)CC3)c(-c3ccccc3)cc2=O)C(C)(C)C1. The van der Waals surface area contributed by atoms with Gasteiger partial charge in [0.2, 0.25) is 5.91 Å². The van der Waals surface area contributed by atoms with Gasteiger partial charge in [-0.25, -0.2) is 0 Å². The van der Waals surface area contributed by atoms with Gasteiger partial charge in [-0.2, -0.15) is 0 Å². The van der Waals surface area contributed by atoms with E-state index < -0.39 is 17.1 Å². The van der Waals surface area contributed by atoms with Crippen LogP contribution in [0.3, 0.4) is 0 Å². The summed E-state index contributed by atoms with van der Waals surface area (Å²) in [6.45, 7) is 7.76. The number of pyridine rings is 1. The molecule has 0 radical (unpaired) electrons. The smallest absolute Gasteiger partial charge is 0.255 e. The number of rotatable bonds is 7. The van der Waals surface area contributed by atoms with Gasteiger partial charge in [0.25, 0.3) is 11.5 Å². The van der Waals surface area contributed by atoms with E-state index in [0.29, 0.717) is 62.5 Å². The maximum atomic E-state index is 13.8. The minimum atomic E-state index is -1.25. The Morgan fingerprint density at radius 3 is 2.30 bits per heavy atom. The minimum Gasteiger partial charge on any atom is -0.393 e.